The largest absolute Gasteiger partial charge is 0.396 e. The van der Waals surface area contributed by atoms with E-state index in [1.807, 2.05) is 0 Å². The van der Waals surface area contributed by atoms with E-state index in [1.165, 1.54) is 19.3 Å². The lowest BCUT2D eigenvalue weighted by Gasteiger charge is -2.24. The van der Waals surface area contributed by atoms with Gasteiger partial charge in [-0.15, -0.1) is 0 Å². The molecule has 0 bridgehead atoms. The highest BCUT2D eigenvalue weighted by Gasteiger charge is 2.12. The van der Waals surface area contributed by atoms with E-state index >= 15 is 0 Å². The minimum absolute atomic E-state index is 0.314. The van der Waals surface area contributed by atoms with Gasteiger partial charge in [0, 0.05) is 18.7 Å². The maximum atomic E-state index is 8.76. The molecule has 0 fully saturated rings. The van der Waals surface area contributed by atoms with Gasteiger partial charge in [0.05, 0.1) is 0 Å². The fourth-order valence-corrected chi connectivity index (χ4v) is 1.89. The van der Waals surface area contributed by atoms with Crippen LogP contribution in [0, 0.1) is 5.92 Å². The van der Waals surface area contributed by atoms with Crippen LogP contribution in [-0.4, -0.2) is 23.8 Å². The lowest BCUT2D eigenvalue weighted by Crippen LogP contribution is -2.37. The van der Waals surface area contributed by atoms with Crippen molar-refractivity contribution in [1.29, 1.82) is 0 Å². The van der Waals surface area contributed by atoms with Crippen molar-refractivity contribution in [1.82, 2.24) is 5.32 Å². The van der Waals surface area contributed by atoms with Gasteiger partial charge in [-0.05, 0) is 38.5 Å². The van der Waals surface area contributed by atoms with Crippen LogP contribution < -0.4 is 5.32 Å². The third-order valence-electron chi connectivity index (χ3n) is 3.19. The number of rotatable bonds is 9. The molecular weight excluding hydrogens is 186 g/mol. The van der Waals surface area contributed by atoms with Crippen LogP contribution in [0.3, 0.4) is 0 Å². The highest BCUT2D eigenvalue weighted by atomic mass is 16.2. The molecule has 0 saturated heterocycles. The Balaban J connectivity index is 3.76. The van der Waals surface area contributed by atoms with Crippen molar-refractivity contribution in [3.63, 3.8) is 0 Å². The summed E-state index contributed by atoms with van der Waals surface area (Å²) in [7, 11) is 0. The van der Waals surface area contributed by atoms with Crippen LogP contribution in [0.15, 0.2) is 0 Å². The number of nitrogens with one attached hydrogen (secondary N) is 1. The van der Waals surface area contributed by atoms with E-state index in [9.17, 15) is 0 Å². The lowest BCUT2D eigenvalue weighted by atomic mass is 9.97. The molecule has 0 aromatic heterocycles. The molecule has 0 aliphatic heterocycles. The molecular formula is C13H29NO. The molecule has 0 rings (SSSR count). The first-order valence-corrected chi connectivity index (χ1v) is 6.50. The molecule has 15 heavy (non-hydrogen) atoms. The second-order valence-corrected chi connectivity index (χ2v) is 4.79. The van der Waals surface area contributed by atoms with Crippen molar-refractivity contribution in [3.8, 4) is 0 Å². The Morgan fingerprint density at radius 3 is 2.27 bits per heavy atom. The zero-order valence-electron chi connectivity index (χ0n) is 10.9. The molecule has 0 aromatic carbocycles. The Morgan fingerprint density at radius 2 is 1.80 bits per heavy atom. The second kappa shape index (κ2) is 9.17. The van der Waals surface area contributed by atoms with Crippen LogP contribution in [0.25, 0.3) is 0 Å². The summed E-state index contributed by atoms with van der Waals surface area (Å²) in [6.45, 7) is 9.36. The van der Waals surface area contributed by atoms with Crippen molar-refractivity contribution >= 4 is 0 Å². The number of hydrogen-bond donors (Lipinski definition) is 2. The summed E-state index contributed by atoms with van der Waals surface area (Å²) in [6.07, 6.45) is 5.73. The van der Waals surface area contributed by atoms with Crippen molar-refractivity contribution in [3.05, 3.63) is 0 Å². The van der Waals surface area contributed by atoms with Gasteiger partial charge in [0.15, 0.2) is 0 Å². The molecule has 0 spiro atoms. The molecule has 0 amide bonds. The average Bonchev–Trinajstić information content (AvgIpc) is 2.25. The third kappa shape index (κ3) is 7.80. The predicted octanol–water partition coefficient (Wildman–Crippen LogP) is 2.95. The van der Waals surface area contributed by atoms with Crippen LogP contribution in [0.5, 0.6) is 0 Å². The molecule has 0 radical (unpaired) electrons. The van der Waals surface area contributed by atoms with Gasteiger partial charge in [-0.1, -0.05) is 27.2 Å². The van der Waals surface area contributed by atoms with Gasteiger partial charge in [0.25, 0.3) is 0 Å². The minimum Gasteiger partial charge on any atom is -0.396 e. The Kier molecular flexibility index (Phi) is 9.12. The summed E-state index contributed by atoms with van der Waals surface area (Å²) in [5.41, 5.74) is 0. The topological polar surface area (TPSA) is 32.3 Å². The van der Waals surface area contributed by atoms with Crippen LogP contribution >= 0.6 is 0 Å². The van der Waals surface area contributed by atoms with E-state index in [2.05, 4.69) is 33.0 Å². The van der Waals surface area contributed by atoms with Crippen LogP contribution in [0.4, 0.5) is 0 Å². The number of aliphatic hydroxyl groups is 1. The molecule has 92 valence electrons. The first kappa shape index (κ1) is 14.9. The molecule has 0 unspecified atom stereocenters. The molecule has 0 aliphatic rings. The highest BCUT2D eigenvalue weighted by Crippen LogP contribution is 2.13. The van der Waals surface area contributed by atoms with E-state index in [4.69, 9.17) is 5.11 Å². The van der Waals surface area contributed by atoms with Gasteiger partial charge in [0.2, 0.25) is 0 Å². The molecule has 2 nitrogen and oxygen atoms in total. The first-order valence-electron chi connectivity index (χ1n) is 6.50. The van der Waals surface area contributed by atoms with Crippen LogP contribution in [0.1, 0.15) is 59.8 Å². The standard InChI is InChI=1S/C13H29NO/c1-5-11(3)10-13(6-2)14-12(4)8-7-9-15/h11-15H,5-10H2,1-4H3/t11-,12+,13+/m1/s1. The summed E-state index contributed by atoms with van der Waals surface area (Å²) in [6, 6.07) is 1.18. The minimum atomic E-state index is 0.314. The zero-order chi connectivity index (χ0) is 11.7. The second-order valence-electron chi connectivity index (χ2n) is 4.79. The van der Waals surface area contributed by atoms with E-state index in [0.717, 1.165) is 18.8 Å². The molecule has 0 heterocycles. The first-order chi connectivity index (χ1) is 7.13. The smallest absolute Gasteiger partial charge is 0.0431 e. The van der Waals surface area contributed by atoms with Gasteiger partial charge >= 0.3 is 0 Å². The maximum absolute atomic E-state index is 8.76. The molecule has 2 heteroatoms. The van der Waals surface area contributed by atoms with E-state index in [1.54, 1.807) is 0 Å². The van der Waals surface area contributed by atoms with Gasteiger partial charge < -0.3 is 10.4 Å². The van der Waals surface area contributed by atoms with Crippen molar-refractivity contribution in [2.75, 3.05) is 6.61 Å². The van der Waals surface area contributed by atoms with Crippen molar-refractivity contribution in [2.45, 2.75) is 71.9 Å². The molecule has 0 saturated carbocycles. The zero-order valence-corrected chi connectivity index (χ0v) is 10.9. The van der Waals surface area contributed by atoms with E-state index in [-0.39, 0.29) is 0 Å². The maximum Gasteiger partial charge on any atom is 0.0431 e. The third-order valence-corrected chi connectivity index (χ3v) is 3.19. The van der Waals surface area contributed by atoms with Crippen molar-refractivity contribution < 1.29 is 5.11 Å². The van der Waals surface area contributed by atoms with E-state index in [0.29, 0.717) is 18.7 Å². The summed E-state index contributed by atoms with van der Waals surface area (Å²) in [5.74, 6) is 0.812. The summed E-state index contributed by atoms with van der Waals surface area (Å²) < 4.78 is 0. The van der Waals surface area contributed by atoms with Gasteiger partial charge in [-0.3, -0.25) is 0 Å². The lowest BCUT2D eigenvalue weighted by molar-refractivity contribution is 0.269. The van der Waals surface area contributed by atoms with E-state index < -0.39 is 0 Å². The molecule has 0 aliphatic carbocycles. The Hall–Kier alpha value is -0.0800. The fourth-order valence-electron chi connectivity index (χ4n) is 1.89. The van der Waals surface area contributed by atoms with Gasteiger partial charge in [-0.25, -0.2) is 0 Å². The molecule has 2 N–H and O–H groups in total. The summed E-state index contributed by atoms with van der Waals surface area (Å²) in [5, 5.41) is 12.4. The SMILES string of the molecule is CC[C@@H](C)C[C@H](CC)N[C@@H](C)CCCO. The molecule has 3 atom stereocenters. The predicted molar refractivity (Wildman–Crippen MR) is 67.1 cm³/mol. The number of hydrogen-bond acceptors (Lipinski definition) is 2. The summed E-state index contributed by atoms with van der Waals surface area (Å²) in [4.78, 5) is 0. The number of aliphatic hydroxyl groups excluding tert-OH is 1. The van der Waals surface area contributed by atoms with Gasteiger partial charge in [0.1, 0.15) is 0 Å². The van der Waals surface area contributed by atoms with Crippen molar-refractivity contribution in [2.24, 2.45) is 5.92 Å². The Labute approximate surface area is 95.5 Å². The van der Waals surface area contributed by atoms with Gasteiger partial charge in [-0.2, -0.15) is 0 Å². The Morgan fingerprint density at radius 1 is 1.13 bits per heavy atom. The highest BCUT2D eigenvalue weighted by molar-refractivity contribution is 4.72. The van der Waals surface area contributed by atoms with Crippen LogP contribution in [0.2, 0.25) is 0 Å². The molecule has 0 aromatic rings. The average molecular weight is 215 g/mol. The Bertz CT molecular complexity index is 138. The quantitative estimate of drug-likeness (QED) is 0.620. The fraction of sp³-hybridized carbons (Fsp3) is 1.00. The monoisotopic (exact) mass is 215 g/mol. The van der Waals surface area contributed by atoms with Crippen LogP contribution in [-0.2, 0) is 0 Å². The summed E-state index contributed by atoms with van der Waals surface area (Å²) >= 11 is 0. The normalized spacial score (nSPS) is 17.4.